The van der Waals surface area contributed by atoms with E-state index in [2.05, 4.69) is 32.6 Å². The molecule has 0 saturated carbocycles. The standard InChI is InChI=1S/C17H29FN2/c1-5-17(6-2)20(11-13(3)4)12-15-9-16(18)8-7-14(15)10-19/h7-9,13,17H,5-6,10-12,19H2,1-4H3. The molecule has 0 aliphatic carbocycles. The van der Waals surface area contributed by atoms with Crippen molar-refractivity contribution in [1.29, 1.82) is 0 Å². The van der Waals surface area contributed by atoms with E-state index in [0.29, 0.717) is 18.5 Å². The van der Waals surface area contributed by atoms with Gasteiger partial charge in [0.2, 0.25) is 0 Å². The van der Waals surface area contributed by atoms with Gasteiger partial charge in [0, 0.05) is 25.7 Å². The van der Waals surface area contributed by atoms with Crippen molar-refractivity contribution in [2.75, 3.05) is 6.54 Å². The molecule has 1 aromatic rings. The Labute approximate surface area is 123 Å². The van der Waals surface area contributed by atoms with Crippen LogP contribution >= 0.6 is 0 Å². The Kier molecular flexibility index (Phi) is 7.17. The van der Waals surface area contributed by atoms with Crippen molar-refractivity contribution < 1.29 is 4.39 Å². The largest absolute Gasteiger partial charge is 0.326 e. The molecule has 20 heavy (non-hydrogen) atoms. The van der Waals surface area contributed by atoms with E-state index in [0.717, 1.165) is 37.1 Å². The lowest BCUT2D eigenvalue weighted by atomic mass is 10.0. The van der Waals surface area contributed by atoms with Crippen molar-refractivity contribution in [1.82, 2.24) is 4.90 Å². The summed E-state index contributed by atoms with van der Waals surface area (Å²) in [6.07, 6.45) is 2.24. The van der Waals surface area contributed by atoms with Crippen LogP contribution in [-0.4, -0.2) is 17.5 Å². The molecule has 0 aromatic heterocycles. The Hall–Kier alpha value is -0.930. The van der Waals surface area contributed by atoms with Gasteiger partial charge in [-0.1, -0.05) is 33.8 Å². The van der Waals surface area contributed by atoms with Crippen molar-refractivity contribution in [3.8, 4) is 0 Å². The fourth-order valence-corrected chi connectivity index (χ4v) is 2.78. The number of halogens is 1. The van der Waals surface area contributed by atoms with Crippen molar-refractivity contribution in [2.45, 2.75) is 59.7 Å². The third-order valence-corrected chi connectivity index (χ3v) is 3.82. The van der Waals surface area contributed by atoms with Crippen LogP contribution in [0.3, 0.4) is 0 Å². The number of hydrogen-bond acceptors (Lipinski definition) is 2. The monoisotopic (exact) mass is 280 g/mol. The van der Waals surface area contributed by atoms with Gasteiger partial charge in [-0.3, -0.25) is 4.90 Å². The van der Waals surface area contributed by atoms with E-state index in [4.69, 9.17) is 5.73 Å². The third-order valence-electron chi connectivity index (χ3n) is 3.82. The molecule has 1 rings (SSSR count). The van der Waals surface area contributed by atoms with Gasteiger partial charge in [0.05, 0.1) is 0 Å². The highest BCUT2D eigenvalue weighted by molar-refractivity contribution is 5.27. The Morgan fingerprint density at radius 1 is 1.15 bits per heavy atom. The van der Waals surface area contributed by atoms with Gasteiger partial charge in [-0.2, -0.15) is 0 Å². The molecule has 2 N–H and O–H groups in total. The molecule has 0 bridgehead atoms. The Morgan fingerprint density at radius 2 is 1.80 bits per heavy atom. The highest BCUT2D eigenvalue weighted by Gasteiger charge is 2.18. The van der Waals surface area contributed by atoms with Crippen LogP contribution in [0.2, 0.25) is 0 Å². The second-order valence-corrected chi connectivity index (χ2v) is 5.91. The number of nitrogens with zero attached hydrogens (tertiary/aromatic N) is 1. The molecule has 0 atom stereocenters. The van der Waals surface area contributed by atoms with E-state index >= 15 is 0 Å². The van der Waals surface area contributed by atoms with E-state index in [-0.39, 0.29) is 5.82 Å². The first-order valence-electron chi connectivity index (χ1n) is 7.73. The van der Waals surface area contributed by atoms with Crippen LogP contribution in [0.15, 0.2) is 18.2 Å². The first-order valence-corrected chi connectivity index (χ1v) is 7.73. The molecule has 3 heteroatoms. The minimum atomic E-state index is -0.175. The first kappa shape index (κ1) is 17.1. The van der Waals surface area contributed by atoms with Crippen LogP contribution in [-0.2, 0) is 13.1 Å². The molecule has 0 spiro atoms. The molecule has 0 aliphatic rings. The van der Waals surface area contributed by atoms with E-state index < -0.39 is 0 Å². The highest BCUT2D eigenvalue weighted by Crippen LogP contribution is 2.19. The van der Waals surface area contributed by atoms with Gasteiger partial charge in [-0.05, 0) is 42.0 Å². The molecule has 0 radical (unpaired) electrons. The third kappa shape index (κ3) is 4.88. The lowest BCUT2D eigenvalue weighted by molar-refractivity contribution is 0.157. The van der Waals surface area contributed by atoms with Crippen molar-refractivity contribution in [2.24, 2.45) is 11.7 Å². The number of rotatable bonds is 8. The predicted molar refractivity (Wildman–Crippen MR) is 83.9 cm³/mol. The Morgan fingerprint density at radius 3 is 2.30 bits per heavy atom. The van der Waals surface area contributed by atoms with Crippen LogP contribution in [0.4, 0.5) is 4.39 Å². The number of benzene rings is 1. The second kappa shape index (κ2) is 8.38. The van der Waals surface area contributed by atoms with E-state index in [1.54, 1.807) is 6.07 Å². The van der Waals surface area contributed by atoms with Crippen molar-refractivity contribution in [3.05, 3.63) is 35.1 Å². The van der Waals surface area contributed by atoms with Gasteiger partial charge < -0.3 is 5.73 Å². The van der Waals surface area contributed by atoms with E-state index in [1.807, 2.05) is 6.07 Å². The SMILES string of the molecule is CCC(CC)N(Cc1cc(F)ccc1CN)CC(C)C. The minimum Gasteiger partial charge on any atom is -0.326 e. The maximum absolute atomic E-state index is 13.5. The average molecular weight is 280 g/mol. The zero-order chi connectivity index (χ0) is 15.1. The van der Waals surface area contributed by atoms with E-state index in [9.17, 15) is 4.39 Å². The van der Waals surface area contributed by atoms with Crippen LogP contribution in [0, 0.1) is 11.7 Å². The normalized spacial score (nSPS) is 11.8. The van der Waals surface area contributed by atoms with E-state index in [1.165, 1.54) is 6.07 Å². The fourth-order valence-electron chi connectivity index (χ4n) is 2.78. The first-order chi connectivity index (χ1) is 9.51. The van der Waals surface area contributed by atoms with Gasteiger partial charge in [-0.25, -0.2) is 4.39 Å². The maximum Gasteiger partial charge on any atom is 0.123 e. The lowest BCUT2D eigenvalue weighted by Gasteiger charge is -2.32. The molecule has 0 unspecified atom stereocenters. The molecule has 0 amide bonds. The van der Waals surface area contributed by atoms with Crippen LogP contribution in [0.25, 0.3) is 0 Å². The molecule has 0 fully saturated rings. The molecule has 0 saturated heterocycles. The predicted octanol–water partition coefficient (Wildman–Crippen LogP) is 3.93. The molecule has 0 heterocycles. The second-order valence-electron chi connectivity index (χ2n) is 5.91. The quantitative estimate of drug-likeness (QED) is 0.781. The summed E-state index contributed by atoms with van der Waals surface area (Å²) in [6, 6.07) is 5.49. The smallest absolute Gasteiger partial charge is 0.123 e. The molecule has 0 aliphatic heterocycles. The topological polar surface area (TPSA) is 29.3 Å². The van der Waals surface area contributed by atoms with Crippen LogP contribution in [0.1, 0.15) is 51.7 Å². The number of hydrogen-bond donors (Lipinski definition) is 1. The minimum absolute atomic E-state index is 0.175. The lowest BCUT2D eigenvalue weighted by Crippen LogP contribution is -2.37. The average Bonchev–Trinajstić information content (AvgIpc) is 2.39. The Balaban J connectivity index is 2.96. The van der Waals surface area contributed by atoms with Gasteiger partial charge in [0.25, 0.3) is 0 Å². The summed E-state index contributed by atoms with van der Waals surface area (Å²) in [7, 11) is 0. The molecule has 1 aromatic carbocycles. The summed E-state index contributed by atoms with van der Waals surface area (Å²) >= 11 is 0. The Bertz CT molecular complexity index is 400. The molecule has 114 valence electrons. The molecule has 2 nitrogen and oxygen atoms in total. The summed E-state index contributed by atoms with van der Waals surface area (Å²) in [5, 5.41) is 0. The van der Waals surface area contributed by atoms with Gasteiger partial charge in [0.15, 0.2) is 0 Å². The fraction of sp³-hybridized carbons (Fsp3) is 0.647. The highest BCUT2D eigenvalue weighted by atomic mass is 19.1. The molecular weight excluding hydrogens is 251 g/mol. The van der Waals surface area contributed by atoms with Crippen molar-refractivity contribution in [3.63, 3.8) is 0 Å². The number of nitrogens with two attached hydrogens (primary N) is 1. The summed E-state index contributed by atoms with van der Waals surface area (Å²) < 4.78 is 13.5. The van der Waals surface area contributed by atoms with Gasteiger partial charge in [0.1, 0.15) is 5.82 Å². The summed E-state index contributed by atoms with van der Waals surface area (Å²) in [5.74, 6) is 0.428. The summed E-state index contributed by atoms with van der Waals surface area (Å²) in [5.41, 5.74) is 7.85. The van der Waals surface area contributed by atoms with Gasteiger partial charge in [-0.15, -0.1) is 0 Å². The zero-order valence-corrected chi connectivity index (χ0v) is 13.3. The van der Waals surface area contributed by atoms with Gasteiger partial charge >= 0.3 is 0 Å². The summed E-state index contributed by atoms with van der Waals surface area (Å²) in [6.45, 7) is 11.2. The maximum atomic E-state index is 13.5. The molecular formula is C17H29FN2. The van der Waals surface area contributed by atoms with Crippen LogP contribution in [0.5, 0.6) is 0 Å². The summed E-state index contributed by atoms with van der Waals surface area (Å²) in [4.78, 5) is 2.47. The van der Waals surface area contributed by atoms with Crippen molar-refractivity contribution >= 4 is 0 Å². The zero-order valence-electron chi connectivity index (χ0n) is 13.3. The van der Waals surface area contributed by atoms with Crippen LogP contribution < -0.4 is 5.73 Å².